The fourth-order valence-corrected chi connectivity index (χ4v) is 5.41. The minimum absolute atomic E-state index is 0.0617. The van der Waals surface area contributed by atoms with E-state index in [4.69, 9.17) is 9.97 Å². The lowest BCUT2D eigenvalue weighted by molar-refractivity contribution is -0.129. The summed E-state index contributed by atoms with van der Waals surface area (Å²) in [6.45, 7) is 8.76. The van der Waals surface area contributed by atoms with Crippen molar-refractivity contribution in [2.75, 3.05) is 36.0 Å². The summed E-state index contributed by atoms with van der Waals surface area (Å²) in [6.07, 6.45) is 6.41. The third-order valence-corrected chi connectivity index (χ3v) is 7.51. The number of piperazine rings is 1. The van der Waals surface area contributed by atoms with Crippen molar-refractivity contribution in [3.63, 3.8) is 0 Å². The number of rotatable bonds is 6. The predicted octanol–water partition coefficient (Wildman–Crippen LogP) is 4.47. The molecule has 5 rings (SSSR count). The number of carbonyl (C=O) groups excluding carboxylic acids is 1. The molecule has 9 heteroatoms. The maximum atomic E-state index is 13.6. The van der Waals surface area contributed by atoms with E-state index in [9.17, 15) is 14.3 Å². The van der Waals surface area contributed by atoms with Gasteiger partial charge in [-0.15, -0.1) is 0 Å². The van der Waals surface area contributed by atoms with Gasteiger partial charge >= 0.3 is 0 Å². The van der Waals surface area contributed by atoms with Crippen molar-refractivity contribution in [2.45, 2.75) is 65.1 Å². The number of halogens is 1. The van der Waals surface area contributed by atoms with Crippen LogP contribution in [0.4, 0.5) is 16.2 Å². The lowest BCUT2D eigenvalue weighted by Crippen LogP contribution is -2.48. The van der Waals surface area contributed by atoms with Crippen LogP contribution < -0.4 is 9.80 Å². The quantitative estimate of drug-likeness (QED) is 0.545. The van der Waals surface area contributed by atoms with Crippen LogP contribution in [-0.4, -0.2) is 62.7 Å². The Hall–Kier alpha value is -3.36. The normalized spacial score (nSPS) is 16.9. The van der Waals surface area contributed by atoms with Crippen LogP contribution in [0.2, 0.25) is 0 Å². The number of carbonyl (C=O) groups is 1. The molecule has 0 spiro atoms. The van der Waals surface area contributed by atoms with Gasteiger partial charge < -0.3 is 24.4 Å². The van der Waals surface area contributed by atoms with Crippen LogP contribution in [0.25, 0.3) is 10.9 Å². The van der Waals surface area contributed by atoms with Crippen molar-refractivity contribution in [3.05, 3.63) is 41.8 Å². The molecule has 36 heavy (non-hydrogen) atoms. The van der Waals surface area contributed by atoms with Gasteiger partial charge in [-0.1, -0.05) is 25.0 Å². The van der Waals surface area contributed by atoms with E-state index in [1.165, 1.54) is 12.1 Å². The van der Waals surface area contributed by atoms with Crippen LogP contribution >= 0.6 is 0 Å². The monoisotopic (exact) mass is 494 g/mol. The Labute approximate surface area is 211 Å². The molecule has 2 fully saturated rings. The standard InChI is InChI=1S/C27H35FN6O2/c1-18(2)33-17-23-24(26(33)36)29-27(32-14-12-31(13-15-32)19(3)35)30-25(23)34(22-6-4-5-7-22)16-20-8-10-21(28)11-9-20/h8-11,17-18,22,36H,4-7,12-16H2,1-3H3. The molecule has 0 radical (unpaired) electrons. The lowest BCUT2D eigenvalue weighted by atomic mass is 10.1. The first-order valence-corrected chi connectivity index (χ1v) is 12.9. The number of aromatic hydroxyl groups is 1. The highest BCUT2D eigenvalue weighted by Gasteiger charge is 2.30. The Morgan fingerprint density at radius 2 is 1.78 bits per heavy atom. The Morgan fingerprint density at radius 3 is 2.39 bits per heavy atom. The number of anilines is 2. The van der Waals surface area contributed by atoms with Gasteiger partial charge in [0.2, 0.25) is 17.7 Å². The smallest absolute Gasteiger partial charge is 0.228 e. The zero-order valence-electron chi connectivity index (χ0n) is 21.3. The molecule has 3 aromatic rings. The average Bonchev–Trinajstić information content (AvgIpc) is 3.52. The van der Waals surface area contributed by atoms with Crippen LogP contribution in [0.5, 0.6) is 5.88 Å². The van der Waals surface area contributed by atoms with E-state index in [-0.39, 0.29) is 23.6 Å². The van der Waals surface area contributed by atoms with Gasteiger partial charge in [-0.25, -0.2) is 9.37 Å². The summed E-state index contributed by atoms with van der Waals surface area (Å²) in [7, 11) is 0. The second-order valence-corrected chi connectivity index (χ2v) is 10.2. The van der Waals surface area contributed by atoms with Crippen LogP contribution in [0.3, 0.4) is 0 Å². The van der Waals surface area contributed by atoms with E-state index >= 15 is 0 Å². The van der Waals surface area contributed by atoms with Crippen molar-refractivity contribution < 1.29 is 14.3 Å². The Bertz CT molecular complexity index is 1230. The molecular formula is C27H35FN6O2. The molecule has 0 bridgehead atoms. The number of nitrogens with zero attached hydrogens (tertiary/aromatic N) is 6. The van der Waals surface area contributed by atoms with Crippen LogP contribution in [0.1, 0.15) is 58.1 Å². The van der Waals surface area contributed by atoms with E-state index in [0.717, 1.165) is 42.5 Å². The Balaban J connectivity index is 1.60. The molecule has 1 aliphatic carbocycles. The van der Waals surface area contributed by atoms with Crippen molar-refractivity contribution in [2.24, 2.45) is 0 Å². The summed E-state index contributed by atoms with van der Waals surface area (Å²) < 4.78 is 15.5. The highest BCUT2D eigenvalue weighted by atomic mass is 19.1. The van der Waals surface area contributed by atoms with E-state index < -0.39 is 0 Å². The number of amides is 1. The first kappa shape index (κ1) is 24.3. The first-order valence-electron chi connectivity index (χ1n) is 12.9. The summed E-state index contributed by atoms with van der Waals surface area (Å²) in [4.78, 5) is 28.0. The molecule has 3 heterocycles. The summed E-state index contributed by atoms with van der Waals surface area (Å²) in [6, 6.07) is 7.02. The van der Waals surface area contributed by atoms with Gasteiger partial charge in [0.05, 0.1) is 5.39 Å². The molecule has 0 atom stereocenters. The molecular weight excluding hydrogens is 459 g/mol. The molecule has 2 aromatic heterocycles. The maximum Gasteiger partial charge on any atom is 0.228 e. The maximum absolute atomic E-state index is 13.6. The highest BCUT2D eigenvalue weighted by molar-refractivity contribution is 5.94. The Morgan fingerprint density at radius 1 is 1.11 bits per heavy atom. The number of hydrogen-bond acceptors (Lipinski definition) is 6. The fraction of sp³-hybridized carbons (Fsp3) is 0.519. The van der Waals surface area contributed by atoms with Gasteiger partial charge in [-0.05, 0) is 44.4 Å². The largest absolute Gasteiger partial charge is 0.493 e. The minimum atomic E-state index is -0.249. The minimum Gasteiger partial charge on any atom is -0.493 e. The first-order chi connectivity index (χ1) is 17.3. The second-order valence-electron chi connectivity index (χ2n) is 10.2. The summed E-state index contributed by atoms with van der Waals surface area (Å²) in [5.41, 5.74) is 1.55. The molecule has 1 saturated carbocycles. The second kappa shape index (κ2) is 9.95. The highest BCUT2D eigenvalue weighted by Crippen LogP contribution is 2.39. The van der Waals surface area contributed by atoms with Gasteiger partial charge in [0, 0.05) is 57.9 Å². The molecule has 2 aliphatic rings. The summed E-state index contributed by atoms with van der Waals surface area (Å²) >= 11 is 0. The Kier molecular flexibility index (Phi) is 6.73. The predicted molar refractivity (Wildman–Crippen MR) is 139 cm³/mol. The van der Waals surface area contributed by atoms with Gasteiger partial charge in [-0.3, -0.25) is 4.79 Å². The topological polar surface area (TPSA) is 77.7 Å². The molecule has 1 aliphatic heterocycles. The van der Waals surface area contributed by atoms with Crippen LogP contribution in [0.15, 0.2) is 30.5 Å². The number of hydrogen-bond donors (Lipinski definition) is 1. The van der Waals surface area contributed by atoms with E-state index in [1.54, 1.807) is 6.92 Å². The molecule has 192 valence electrons. The zero-order chi connectivity index (χ0) is 25.4. The van der Waals surface area contributed by atoms with E-state index in [2.05, 4.69) is 9.80 Å². The van der Waals surface area contributed by atoms with Gasteiger partial charge in [-0.2, -0.15) is 4.98 Å². The zero-order valence-corrected chi connectivity index (χ0v) is 21.3. The lowest BCUT2D eigenvalue weighted by Gasteiger charge is -2.35. The van der Waals surface area contributed by atoms with Crippen molar-refractivity contribution in [1.82, 2.24) is 19.4 Å². The third kappa shape index (κ3) is 4.70. The number of fused-ring (bicyclic) bond motifs is 1. The molecule has 1 aromatic carbocycles. The van der Waals surface area contributed by atoms with Gasteiger partial charge in [0.25, 0.3) is 0 Å². The molecule has 8 nitrogen and oxygen atoms in total. The molecule has 1 N–H and O–H groups in total. The van der Waals surface area contributed by atoms with Crippen LogP contribution in [0, 0.1) is 5.82 Å². The van der Waals surface area contributed by atoms with Crippen LogP contribution in [-0.2, 0) is 11.3 Å². The van der Waals surface area contributed by atoms with Gasteiger partial charge in [0.15, 0.2) is 0 Å². The average molecular weight is 495 g/mol. The molecule has 1 amide bonds. The van der Waals surface area contributed by atoms with Gasteiger partial charge in [0.1, 0.15) is 17.2 Å². The van der Waals surface area contributed by atoms with E-state index in [0.29, 0.717) is 50.2 Å². The van der Waals surface area contributed by atoms with Crippen molar-refractivity contribution in [3.8, 4) is 5.88 Å². The van der Waals surface area contributed by atoms with E-state index in [1.807, 2.05) is 41.6 Å². The summed E-state index contributed by atoms with van der Waals surface area (Å²) in [5.74, 6) is 1.33. The van der Waals surface area contributed by atoms with Crippen molar-refractivity contribution in [1.29, 1.82) is 0 Å². The fourth-order valence-electron chi connectivity index (χ4n) is 5.41. The summed E-state index contributed by atoms with van der Waals surface area (Å²) in [5, 5.41) is 12.0. The molecule has 0 unspecified atom stereocenters. The van der Waals surface area contributed by atoms with Crippen molar-refractivity contribution >= 4 is 28.6 Å². The SMILES string of the molecule is CC(=O)N1CCN(c2nc(N(Cc3ccc(F)cc3)C3CCCC3)c3cn(C(C)C)c(O)c3n2)CC1. The number of aromatic nitrogens is 3. The number of benzene rings is 1. The third-order valence-electron chi connectivity index (χ3n) is 7.51. The molecule has 1 saturated heterocycles.